The number of aliphatic hydroxyl groups is 1. The van der Waals surface area contributed by atoms with Gasteiger partial charge in [-0.25, -0.2) is 4.79 Å². The summed E-state index contributed by atoms with van der Waals surface area (Å²) in [5.74, 6) is 0.870. The molecular formula is C24H28O6. The van der Waals surface area contributed by atoms with Gasteiger partial charge in [0.1, 0.15) is 31.3 Å². The van der Waals surface area contributed by atoms with Crippen LogP contribution in [0.2, 0.25) is 0 Å². The molecule has 0 saturated carbocycles. The fraction of sp³-hybridized carbons (Fsp3) is 0.292. The molecule has 160 valence electrons. The summed E-state index contributed by atoms with van der Waals surface area (Å²) >= 11 is 0. The topological polar surface area (TPSA) is 74.2 Å². The predicted molar refractivity (Wildman–Crippen MR) is 115 cm³/mol. The van der Waals surface area contributed by atoms with Crippen molar-refractivity contribution in [2.24, 2.45) is 0 Å². The van der Waals surface area contributed by atoms with Crippen molar-refractivity contribution in [3.63, 3.8) is 0 Å². The predicted octanol–water partition coefficient (Wildman–Crippen LogP) is 4.14. The van der Waals surface area contributed by atoms with Crippen LogP contribution in [0.15, 0.2) is 72.8 Å². The molecule has 1 atom stereocenters. The summed E-state index contributed by atoms with van der Waals surface area (Å²) in [4.78, 5) is 11.5. The third-order valence-electron chi connectivity index (χ3n) is 4.02. The van der Waals surface area contributed by atoms with Gasteiger partial charge >= 0.3 is 5.97 Å². The van der Waals surface area contributed by atoms with E-state index < -0.39 is 12.3 Å². The van der Waals surface area contributed by atoms with Crippen LogP contribution >= 0.6 is 0 Å². The minimum Gasteiger partial charge on any atom is -0.491 e. The second-order valence-electron chi connectivity index (χ2n) is 6.67. The number of hydrogen-bond donors (Lipinski definition) is 1. The highest BCUT2D eigenvalue weighted by Gasteiger charge is 2.12. The van der Waals surface area contributed by atoms with Crippen molar-refractivity contribution >= 4 is 5.97 Å². The van der Waals surface area contributed by atoms with Crippen LogP contribution in [0.3, 0.4) is 0 Å². The van der Waals surface area contributed by atoms with Crippen LogP contribution in [0.25, 0.3) is 11.1 Å². The van der Waals surface area contributed by atoms with E-state index in [9.17, 15) is 9.90 Å². The molecule has 30 heavy (non-hydrogen) atoms. The molecule has 0 fully saturated rings. The van der Waals surface area contributed by atoms with E-state index in [1.54, 1.807) is 13.8 Å². The van der Waals surface area contributed by atoms with Crippen molar-refractivity contribution in [3.8, 4) is 22.6 Å². The lowest BCUT2D eigenvalue weighted by Crippen LogP contribution is -2.17. The van der Waals surface area contributed by atoms with Crippen molar-refractivity contribution in [1.29, 1.82) is 0 Å². The fourth-order valence-electron chi connectivity index (χ4n) is 2.49. The first-order chi connectivity index (χ1) is 14.4. The monoisotopic (exact) mass is 412 g/mol. The molecule has 0 amide bonds. The molecule has 0 bridgehead atoms. The normalized spacial score (nSPS) is 11.4. The highest BCUT2D eigenvalue weighted by molar-refractivity contribution is 5.86. The van der Waals surface area contributed by atoms with Crippen LogP contribution < -0.4 is 9.47 Å². The maximum Gasteiger partial charge on any atom is 0.333 e. The van der Waals surface area contributed by atoms with Gasteiger partial charge in [0.15, 0.2) is 6.29 Å². The number of esters is 1. The van der Waals surface area contributed by atoms with Gasteiger partial charge in [0, 0.05) is 16.7 Å². The van der Waals surface area contributed by atoms with E-state index in [0.717, 1.165) is 11.1 Å². The maximum atomic E-state index is 11.5. The SMILES string of the molecule is C=C(C)C(=O)OCCOc1ccccc1-c1ccccc1OCCOC(O)C(=C)C. The van der Waals surface area contributed by atoms with Crippen molar-refractivity contribution in [2.75, 3.05) is 26.4 Å². The molecule has 0 aromatic heterocycles. The number of aliphatic hydroxyl groups excluding tert-OH is 1. The van der Waals surface area contributed by atoms with Gasteiger partial charge in [-0.1, -0.05) is 49.6 Å². The van der Waals surface area contributed by atoms with Crippen LogP contribution in [0.4, 0.5) is 0 Å². The number of hydrogen-bond acceptors (Lipinski definition) is 6. The number of carbonyl (C=O) groups excluding carboxylic acids is 1. The molecule has 0 spiro atoms. The average Bonchev–Trinajstić information content (AvgIpc) is 2.74. The number of benzene rings is 2. The zero-order valence-electron chi connectivity index (χ0n) is 17.4. The molecule has 1 N–H and O–H groups in total. The van der Waals surface area contributed by atoms with Crippen LogP contribution in [0.1, 0.15) is 13.8 Å². The van der Waals surface area contributed by atoms with Gasteiger partial charge in [0.05, 0.1) is 6.61 Å². The third-order valence-corrected chi connectivity index (χ3v) is 4.02. The molecule has 0 heterocycles. The Morgan fingerprint density at radius 2 is 1.37 bits per heavy atom. The first-order valence-electron chi connectivity index (χ1n) is 9.62. The summed E-state index contributed by atoms with van der Waals surface area (Å²) in [7, 11) is 0. The number of para-hydroxylation sites is 2. The Balaban J connectivity index is 2.02. The Morgan fingerprint density at radius 3 is 1.87 bits per heavy atom. The van der Waals surface area contributed by atoms with Crippen LogP contribution in [-0.4, -0.2) is 43.8 Å². The van der Waals surface area contributed by atoms with Gasteiger partial charge < -0.3 is 24.1 Å². The maximum absolute atomic E-state index is 11.5. The number of rotatable bonds is 12. The molecule has 0 aliphatic carbocycles. The smallest absolute Gasteiger partial charge is 0.333 e. The van der Waals surface area contributed by atoms with Crippen molar-refractivity contribution in [1.82, 2.24) is 0 Å². The molecule has 6 heteroatoms. The van der Waals surface area contributed by atoms with Crippen molar-refractivity contribution in [2.45, 2.75) is 20.1 Å². The van der Waals surface area contributed by atoms with E-state index in [1.807, 2.05) is 48.5 Å². The quantitative estimate of drug-likeness (QED) is 0.186. The Kier molecular flexibility index (Phi) is 9.12. The number of carbonyl (C=O) groups is 1. The first-order valence-corrected chi connectivity index (χ1v) is 9.62. The standard InChI is InChI=1S/C24H28O6/c1-17(2)23(25)29-15-13-27-21-11-7-5-9-19(21)20-10-6-8-12-22(20)28-14-16-30-24(26)18(3)4/h5-12,23,25H,1,3,13-16H2,2,4H3. The summed E-state index contributed by atoms with van der Waals surface area (Å²) < 4.78 is 22.0. The second-order valence-corrected chi connectivity index (χ2v) is 6.67. The molecule has 2 aromatic rings. The van der Waals surface area contributed by atoms with Gasteiger partial charge in [-0.3, -0.25) is 0 Å². The summed E-state index contributed by atoms with van der Waals surface area (Å²) in [5.41, 5.74) is 2.59. The van der Waals surface area contributed by atoms with E-state index >= 15 is 0 Å². The highest BCUT2D eigenvalue weighted by Crippen LogP contribution is 2.36. The van der Waals surface area contributed by atoms with Crippen LogP contribution in [0, 0.1) is 0 Å². The fourth-order valence-corrected chi connectivity index (χ4v) is 2.49. The number of ether oxygens (including phenoxy) is 4. The summed E-state index contributed by atoms with van der Waals surface area (Å²) in [5, 5.41) is 9.63. The molecule has 1 unspecified atom stereocenters. The zero-order chi connectivity index (χ0) is 21.9. The van der Waals surface area contributed by atoms with Crippen LogP contribution in [0.5, 0.6) is 11.5 Å². The molecule has 0 aliphatic heterocycles. The van der Waals surface area contributed by atoms with E-state index in [4.69, 9.17) is 18.9 Å². The second kappa shape index (κ2) is 11.8. The molecule has 0 aliphatic rings. The van der Waals surface area contributed by atoms with Crippen LogP contribution in [-0.2, 0) is 14.3 Å². The first kappa shape index (κ1) is 23.2. The summed E-state index contributed by atoms with van der Waals surface area (Å²) in [6.45, 7) is 11.3. The van der Waals surface area contributed by atoms with Gasteiger partial charge in [-0.2, -0.15) is 0 Å². The van der Waals surface area contributed by atoms with Crippen molar-refractivity contribution in [3.05, 3.63) is 72.8 Å². The lowest BCUT2D eigenvalue weighted by molar-refractivity contribution is -0.139. The Labute approximate surface area is 177 Å². The van der Waals surface area contributed by atoms with E-state index in [1.165, 1.54) is 0 Å². The average molecular weight is 412 g/mol. The lowest BCUT2D eigenvalue weighted by atomic mass is 10.0. The molecule has 2 aromatic carbocycles. The van der Waals surface area contributed by atoms with Gasteiger partial charge in [0.2, 0.25) is 0 Å². The van der Waals surface area contributed by atoms with E-state index in [2.05, 4.69) is 13.2 Å². The molecular weight excluding hydrogens is 384 g/mol. The molecule has 6 nitrogen and oxygen atoms in total. The Hall–Kier alpha value is -3.09. The zero-order valence-corrected chi connectivity index (χ0v) is 17.4. The minimum absolute atomic E-state index is 0.126. The molecule has 2 rings (SSSR count). The highest BCUT2D eigenvalue weighted by atomic mass is 16.6. The van der Waals surface area contributed by atoms with Gasteiger partial charge in [-0.05, 0) is 31.6 Å². The minimum atomic E-state index is -1.00. The largest absolute Gasteiger partial charge is 0.491 e. The van der Waals surface area contributed by atoms with Gasteiger partial charge in [-0.15, -0.1) is 0 Å². The van der Waals surface area contributed by atoms with E-state index in [0.29, 0.717) is 22.6 Å². The molecule has 0 radical (unpaired) electrons. The summed E-state index contributed by atoms with van der Waals surface area (Å²) in [6, 6.07) is 15.1. The van der Waals surface area contributed by atoms with Crippen molar-refractivity contribution < 1.29 is 28.8 Å². The Morgan fingerprint density at radius 1 is 0.867 bits per heavy atom. The lowest BCUT2D eigenvalue weighted by Gasteiger charge is -2.16. The Bertz CT molecular complexity index is 874. The van der Waals surface area contributed by atoms with E-state index in [-0.39, 0.29) is 26.4 Å². The third kappa shape index (κ3) is 7.06. The van der Waals surface area contributed by atoms with Gasteiger partial charge in [0.25, 0.3) is 0 Å². The molecule has 0 saturated heterocycles. The summed E-state index contributed by atoms with van der Waals surface area (Å²) in [6.07, 6.45) is -1.00.